The van der Waals surface area contributed by atoms with Crippen molar-refractivity contribution >= 4 is 22.6 Å². The van der Waals surface area contributed by atoms with Gasteiger partial charge in [0.2, 0.25) is 0 Å². The average molecular weight is 406 g/mol. The lowest BCUT2D eigenvalue weighted by Gasteiger charge is -2.25. The van der Waals surface area contributed by atoms with E-state index in [1.54, 1.807) is 43.3 Å². The van der Waals surface area contributed by atoms with Crippen LogP contribution in [0.25, 0.3) is 22.2 Å². The van der Waals surface area contributed by atoms with Gasteiger partial charge in [-0.2, -0.15) is 5.43 Å². The first-order valence-corrected chi connectivity index (χ1v) is 9.25. The van der Waals surface area contributed by atoms with Gasteiger partial charge < -0.3 is 9.84 Å². The molecule has 2 heterocycles. The van der Waals surface area contributed by atoms with E-state index in [-0.39, 0.29) is 11.5 Å². The van der Waals surface area contributed by atoms with E-state index in [1.165, 1.54) is 24.3 Å². The zero-order valence-corrected chi connectivity index (χ0v) is 15.8. The average Bonchev–Trinajstić information content (AvgIpc) is 3.30. The first-order chi connectivity index (χ1) is 14.4. The molecule has 1 aliphatic rings. The monoisotopic (exact) mass is 406 g/mol. The van der Waals surface area contributed by atoms with E-state index in [4.69, 9.17) is 4.52 Å². The maximum Gasteiger partial charge on any atom is 0.338 e. The molecule has 0 spiro atoms. The minimum absolute atomic E-state index is 0.122. The summed E-state index contributed by atoms with van der Waals surface area (Å²) in [6.45, 7) is 1.78. The SMILES string of the molecule is C[C@@]1(c2ccc3noc(-c4ccc(F)cc4)c3c2)NC(=O)N(c2ccccc2F)N1. The number of anilines is 1. The van der Waals surface area contributed by atoms with Gasteiger partial charge in [-0.3, -0.25) is 0 Å². The zero-order chi connectivity index (χ0) is 20.9. The number of hydrazine groups is 1. The fraction of sp³-hybridized carbons (Fsp3) is 0.0909. The van der Waals surface area contributed by atoms with Crippen LogP contribution in [-0.2, 0) is 5.66 Å². The van der Waals surface area contributed by atoms with Crippen molar-refractivity contribution in [1.29, 1.82) is 0 Å². The number of carbonyl (C=O) groups is 1. The number of carbonyl (C=O) groups excluding carboxylic acids is 1. The number of fused-ring (bicyclic) bond motifs is 1. The van der Waals surface area contributed by atoms with Gasteiger partial charge in [0, 0.05) is 5.56 Å². The van der Waals surface area contributed by atoms with Crippen LogP contribution in [0.2, 0.25) is 0 Å². The first-order valence-electron chi connectivity index (χ1n) is 9.25. The highest BCUT2D eigenvalue weighted by Gasteiger charge is 2.41. The second kappa shape index (κ2) is 6.64. The van der Waals surface area contributed by atoms with Crippen LogP contribution in [0.5, 0.6) is 0 Å². The Morgan fingerprint density at radius 1 is 1.03 bits per heavy atom. The van der Waals surface area contributed by atoms with Crippen molar-refractivity contribution in [2.75, 3.05) is 5.01 Å². The van der Waals surface area contributed by atoms with Gasteiger partial charge in [0.05, 0.1) is 11.1 Å². The van der Waals surface area contributed by atoms with Gasteiger partial charge in [-0.05, 0) is 61.0 Å². The van der Waals surface area contributed by atoms with E-state index in [1.807, 2.05) is 6.07 Å². The Morgan fingerprint density at radius 2 is 1.80 bits per heavy atom. The standard InChI is InChI=1S/C22H16F2N4O2/c1-22(25-21(29)28(27-22)19-5-3-2-4-17(19)24)14-8-11-18-16(12-14)20(30-26-18)13-6-9-15(23)10-7-13/h2-12,27H,1H3,(H,25,29)/t22-/m1/s1. The van der Waals surface area contributed by atoms with Crippen LogP contribution in [0.15, 0.2) is 71.3 Å². The molecule has 4 aromatic rings. The molecule has 1 fully saturated rings. The Morgan fingerprint density at radius 3 is 2.57 bits per heavy atom. The van der Waals surface area contributed by atoms with Crippen molar-refractivity contribution in [3.05, 3.63) is 83.9 Å². The number of hydrogen-bond acceptors (Lipinski definition) is 4. The molecule has 1 aliphatic heterocycles. The Hall–Kier alpha value is -3.78. The van der Waals surface area contributed by atoms with Gasteiger partial charge >= 0.3 is 6.03 Å². The smallest absolute Gasteiger partial charge is 0.338 e. The molecule has 3 aromatic carbocycles. The highest BCUT2D eigenvalue weighted by atomic mass is 19.1. The van der Waals surface area contributed by atoms with Crippen LogP contribution in [-0.4, -0.2) is 11.2 Å². The van der Waals surface area contributed by atoms with Crippen molar-refractivity contribution in [2.45, 2.75) is 12.6 Å². The van der Waals surface area contributed by atoms with Gasteiger partial charge in [-0.15, -0.1) is 0 Å². The fourth-order valence-electron chi connectivity index (χ4n) is 3.57. The topological polar surface area (TPSA) is 70.4 Å². The lowest BCUT2D eigenvalue weighted by Crippen LogP contribution is -2.45. The number of aromatic nitrogens is 1. The van der Waals surface area contributed by atoms with E-state index < -0.39 is 17.5 Å². The molecule has 0 bridgehead atoms. The Balaban J connectivity index is 1.54. The number of nitrogens with one attached hydrogen (secondary N) is 2. The van der Waals surface area contributed by atoms with Crippen LogP contribution in [0.3, 0.4) is 0 Å². The first kappa shape index (κ1) is 18.3. The van der Waals surface area contributed by atoms with Crippen molar-refractivity contribution < 1.29 is 18.1 Å². The second-order valence-corrected chi connectivity index (χ2v) is 7.20. The number of hydrogen-bond donors (Lipinski definition) is 2. The third kappa shape index (κ3) is 2.89. The normalized spacial score (nSPS) is 18.8. The molecule has 0 radical (unpaired) electrons. The molecule has 30 heavy (non-hydrogen) atoms. The molecule has 2 N–H and O–H groups in total. The summed E-state index contributed by atoms with van der Waals surface area (Å²) in [4.78, 5) is 12.6. The van der Waals surface area contributed by atoms with Crippen LogP contribution in [0.1, 0.15) is 12.5 Å². The Bertz CT molecular complexity index is 1270. The summed E-state index contributed by atoms with van der Waals surface area (Å²) in [5.41, 5.74) is 4.19. The van der Waals surface area contributed by atoms with Gasteiger partial charge in [-0.25, -0.2) is 18.6 Å². The van der Waals surface area contributed by atoms with Gasteiger partial charge in [-0.1, -0.05) is 23.4 Å². The summed E-state index contributed by atoms with van der Waals surface area (Å²) >= 11 is 0. The minimum atomic E-state index is -0.995. The van der Waals surface area contributed by atoms with Gasteiger partial charge in [0.1, 0.15) is 22.8 Å². The number of urea groups is 1. The maximum absolute atomic E-state index is 14.2. The number of amides is 2. The van der Waals surface area contributed by atoms with Crippen molar-refractivity contribution in [3.63, 3.8) is 0 Å². The largest absolute Gasteiger partial charge is 0.355 e. The molecular weight excluding hydrogens is 390 g/mol. The molecule has 150 valence electrons. The summed E-state index contributed by atoms with van der Waals surface area (Å²) in [5.74, 6) is -0.370. The van der Waals surface area contributed by atoms with E-state index in [0.29, 0.717) is 27.8 Å². The summed E-state index contributed by atoms with van der Waals surface area (Å²) in [6, 6.07) is 16.9. The number of nitrogens with zero attached hydrogens (tertiary/aromatic N) is 2. The van der Waals surface area contributed by atoms with Gasteiger partial charge in [0.25, 0.3) is 0 Å². The van der Waals surface area contributed by atoms with Crippen molar-refractivity contribution in [2.24, 2.45) is 0 Å². The van der Waals surface area contributed by atoms with Crippen molar-refractivity contribution in [1.82, 2.24) is 15.9 Å². The van der Waals surface area contributed by atoms with Gasteiger partial charge in [0.15, 0.2) is 5.76 Å². The molecule has 2 amide bonds. The molecule has 1 saturated heterocycles. The third-order valence-electron chi connectivity index (χ3n) is 5.15. The lowest BCUT2D eigenvalue weighted by atomic mass is 9.99. The predicted octanol–water partition coefficient (Wildman–Crippen LogP) is 4.68. The van der Waals surface area contributed by atoms with Crippen LogP contribution in [0, 0.1) is 11.6 Å². The summed E-state index contributed by atoms with van der Waals surface area (Å²) in [6.07, 6.45) is 0. The summed E-state index contributed by atoms with van der Waals surface area (Å²) in [5, 5.41) is 8.77. The number of rotatable bonds is 3. The van der Waals surface area contributed by atoms with Crippen LogP contribution in [0.4, 0.5) is 19.3 Å². The van der Waals surface area contributed by atoms with Crippen molar-refractivity contribution in [3.8, 4) is 11.3 Å². The minimum Gasteiger partial charge on any atom is -0.355 e. The van der Waals surface area contributed by atoms with E-state index in [2.05, 4.69) is 15.9 Å². The molecule has 0 saturated carbocycles. The number of halogens is 2. The molecule has 1 aromatic heterocycles. The van der Waals surface area contributed by atoms with Crippen LogP contribution >= 0.6 is 0 Å². The maximum atomic E-state index is 14.2. The summed E-state index contributed by atoms with van der Waals surface area (Å²) in [7, 11) is 0. The highest BCUT2D eigenvalue weighted by molar-refractivity contribution is 5.95. The zero-order valence-electron chi connectivity index (χ0n) is 15.8. The number of para-hydroxylation sites is 1. The van der Waals surface area contributed by atoms with E-state index in [9.17, 15) is 13.6 Å². The summed E-state index contributed by atoms with van der Waals surface area (Å²) < 4.78 is 33.0. The molecule has 0 aliphatic carbocycles. The fourth-order valence-corrected chi connectivity index (χ4v) is 3.57. The predicted molar refractivity (Wildman–Crippen MR) is 107 cm³/mol. The highest BCUT2D eigenvalue weighted by Crippen LogP contribution is 2.33. The molecule has 5 rings (SSSR count). The lowest BCUT2D eigenvalue weighted by molar-refractivity contribution is 0.247. The Labute approximate surface area is 170 Å². The number of benzene rings is 3. The molecule has 0 unspecified atom stereocenters. The molecular formula is C22H16F2N4O2. The second-order valence-electron chi connectivity index (χ2n) is 7.20. The molecule has 6 nitrogen and oxygen atoms in total. The molecule has 8 heteroatoms. The van der Waals surface area contributed by atoms with Crippen LogP contribution < -0.4 is 15.8 Å². The third-order valence-corrected chi connectivity index (χ3v) is 5.15. The van der Waals surface area contributed by atoms with E-state index >= 15 is 0 Å². The molecule has 1 atom stereocenters. The van der Waals surface area contributed by atoms with E-state index in [0.717, 1.165) is 5.01 Å². The quantitative estimate of drug-likeness (QED) is 0.518. The Kier molecular flexibility index (Phi) is 4.04.